The zero-order chi connectivity index (χ0) is 16.4. The maximum Gasteiger partial charge on any atom is 0.280 e. The van der Waals surface area contributed by atoms with Crippen molar-refractivity contribution in [2.24, 2.45) is 0 Å². The molecule has 6 nitrogen and oxygen atoms in total. The van der Waals surface area contributed by atoms with Crippen molar-refractivity contribution in [2.75, 3.05) is 13.1 Å². The number of hydrogen-bond acceptors (Lipinski definition) is 4. The first-order valence-electron chi connectivity index (χ1n) is 7.24. The Balaban J connectivity index is 1.62. The van der Waals surface area contributed by atoms with Crippen LogP contribution in [0.25, 0.3) is 0 Å². The zero-order valence-corrected chi connectivity index (χ0v) is 12.6. The summed E-state index contributed by atoms with van der Waals surface area (Å²) < 4.78 is 0. The Bertz CT molecular complexity index is 766. The standard InChI is InChI=1S/C17H15N3O3/c1-11-5-2-3-6-12(11)15(21)19-9-10-20-16(22)13-7-4-8-18-14(13)17(20)23/h2-8H,9-10H2,1H3,(H,19,21). The molecule has 0 saturated heterocycles. The summed E-state index contributed by atoms with van der Waals surface area (Å²) >= 11 is 0. The van der Waals surface area contributed by atoms with Crippen molar-refractivity contribution in [2.45, 2.75) is 6.92 Å². The molecule has 0 atom stereocenters. The van der Waals surface area contributed by atoms with Gasteiger partial charge in [0.1, 0.15) is 5.69 Å². The Kier molecular flexibility index (Phi) is 3.89. The summed E-state index contributed by atoms with van der Waals surface area (Å²) in [5.41, 5.74) is 1.93. The summed E-state index contributed by atoms with van der Waals surface area (Å²) in [5.74, 6) is -1.02. The van der Waals surface area contributed by atoms with E-state index in [4.69, 9.17) is 0 Å². The van der Waals surface area contributed by atoms with Gasteiger partial charge in [-0.2, -0.15) is 0 Å². The van der Waals surface area contributed by atoms with Crippen LogP contribution in [0.2, 0.25) is 0 Å². The maximum absolute atomic E-state index is 12.2. The number of nitrogens with zero attached hydrogens (tertiary/aromatic N) is 2. The Morgan fingerprint density at radius 1 is 1.13 bits per heavy atom. The average molecular weight is 309 g/mol. The van der Waals surface area contributed by atoms with Crippen molar-refractivity contribution < 1.29 is 14.4 Å². The first kappa shape index (κ1) is 14.9. The number of nitrogens with one attached hydrogen (secondary N) is 1. The highest BCUT2D eigenvalue weighted by Gasteiger charge is 2.36. The molecular formula is C17H15N3O3. The summed E-state index contributed by atoms with van der Waals surface area (Å²) in [4.78, 5) is 41.5. The summed E-state index contributed by atoms with van der Waals surface area (Å²) in [6.45, 7) is 2.16. The van der Waals surface area contributed by atoms with Crippen LogP contribution in [0.4, 0.5) is 0 Å². The Labute approximate surface area is 133 Å². The third-order valence-corrected chi connectivity index (χ3v) is 3.74. The fourth-order valence-electron chi connectivity index (χ4n) is 2.52. The molecule has 1 aliphatic rings. The lowest BCUT2D eigenvalue weighted by Crippen LogP contribution is -2.38. The predicted octanol–water partition coefficient (Wildman–Crippen LogP) is 1.42. The summed E-state index contributed by atoms with van der Waals surface area (Å²) in [6, 6.07) is 10.4. The summed E-state index contributed by atoms with van der Waals surface area (Å²) in [5, 5.41) is 2.73. The second-order valence-electron chi connectivity index (χ2n) is 5.23. The molecule has 6 heteroatoms. The van der Waals surface area contributed by atoms with E-state index in [2.05, 4.69) is 10.3 Å². The second-order valence-corrected chi connectivity index (χ2v) is 5.23. The van der Waals surface area contributed by atoms with Crippen molar-refractivity contribution in [3.63, 3.8) is 0 Å². The van der Waals surface area contributed by atoms with E-state index in [0.29, 0.717) is 11.1 Å². The number of carbonyl (C=O) groups excluding carboxylic acids is 3. The smallest absolute Gasteiger partial charge is 0.280 e. The first-order valence-corrected chi connectivity index (χ1v) is 7.24. The normalized spacial score (nSPS) is 13.2. The lowest BCUT2D eigenvalue weighted by Gasteiger charge is -2.14. The van der Waals surface area contributed by atoms with Crippen molar-refractivity contribution in [3.05, 3.63) is 65.0 Å². The van der Waals surface area contributed by atoms with Gasteiger partial charge in [-0.25, -0.2) is 0 Å². The van der Waals surface area contributed by atoms with E-state index in [-0.39, 0.29) is 30.6 Å². The minimum Gasteiger partial charge on any atom is -0.350 e. The van der Waals surface area contributed by atoms with Crippen LogP contribution in [0.1, 0.15) is 36.8 Å². The van der Waals surface area contributed by atoms with Gasteiger partial charge in [0.05, 0.1) is 5.56 Å². The van der Waals surface area contributed by atoms with E-state index in [1.165, 1.54) is 6.20 Å². The number of aromatic nitrogens is 1. The number of rotatable bonds is 4. The van der Waals surface area contributed by atoms with Gasteiger partial charge in [0.2, 0.25) is 0 Å². The number of aryl methyl sites for hydroxylation is 1. The van der Waals surface area contributed by atoms with Crippen LogP contribution in [0, 0.1) is 6.92 Å². The van der Waals surface area contributed by atoms with Crippen molar-refractivity contribution in [3.8, 4) is 0 Å². The maximum atomic E-state index is 12.2. The van der Waals surface area contributed by atoms with Gasteiger partial charge in [-0.3, -0.25) is 24.3 Å². The van der Waals surface area contributed by atoms with Crippen LogP contribution >= 0.6 is 0 Å². The van der Waals surface area contributed by atoms with Gasteiger partial charge in [0.15, 0.2) is 0 Å². The molecule has 3 amide bonds. The molecule has 0 bridgehead atoms. The quantitative estimate of drug-likeness (QED) is 0.866. The third-order valence-electron chi connectivity index (χ3n) is 3.74. The number of pyridine rings is 1. The van der Waals surface area contributed by atoms with E-state index in [1.807, 2.05) is 19.1 Å². The molecule has 0 fully saturated rings. The molecular weight excluding hydrogens is 294 g/mol. The average Bonchev–Trinajstić information content (AvgIpc) is 2.80. The van der Waals surface area contributed by atoms with Crippen molar-refractivity contribution >= 4 is 17.7 Å². The minimum atomic E-state index is -0.421. The van der Waals surface area contributed by atoms with Gasteiger partial charge in [-0.05, 0) is 30.7 Å². The van der Waals surface area contributed by atoms with E-state index in [0.717, 1.165) is 10.5 Å². The van der Waals surface area contributed by atoms with Crippen LogP contribution < -0.4 is 5.32 Å². The van der Waals surface area contributed by atoms with Crippen LogP contribution in [0.15, 0.2) is 42.6 Å². The predicted molar refractivity (Wildman–Crippen MR) is 83.1 cm³/mol. The Hall–Kier alpha value is -3.02. The van der Waals surface area contributed by atoms with Crippen molar-refractivity contribution in [1.82, 2.24) is 15.2 Å². The fourth-order valence-corrected chi connectivity index (χ4v) is 2.52. The highest BCUT2D eigenvalue weighted by Crippen LogP contribution is 2.19. The monoisotopic (exact) mass is 309 g/mol. The van der Waals surface area contributed by atoms with Crippen LogP contribution in [-0.4, -0.2) is 40.7 Å². The molecule has 23 heavy (non-hydrogen) atoms. The van der Waals surface area contributed by atoms with Crippen LogP contribution in [0.3, 0.4) is 0 Å². The molecule has 3 rings (SSSR count). The number of hydrogen-bond donors (Lipinski definition) is 1. The molecule has 1 N–H and O–H groups in total. The van der Waals surface area contributed by atoms with E-state index >= 15 is 0 Å². The highest BCUT2D eigenvalue weighted by molar-refractivity contribution is 6.20. The largest absolute Gasteiger partial charge is 0.350 e. The third kappa shape index (κ3) is 2.70. The SMILES string of the molecule is Cc1ccccc1C(=O)NCCN1C(=O)c2cccnc2C1=O. The molecule has 1 aromatic heterocycles. The lowest BCUT2D eigenvalue weighted by atomic mass is 10.1. The molecule has 2 heterocycles. The van der Waals surface area contributed by atoms with Gasteiger partial charge < -0.3 is 5.32 Å². The Morgan fingerprint density at radius 2 is 1.91 bits per heavy atom. The first-order chi connectivity index (χ1) is 11.1. The summed E-state index contributed by atoms with van der Waals surface area (Å²) in [6.07, 6.45) is 1.48. The van der Waals surface area contributed by atoms with E-state index < -0.39 is 5.91 Å². The van der Waals surface area contributed by atoms with Crippen molar-refractivity contribution in [1.29, 1.82) is 0 Å². The van der Waals surface area contributed by atoms with Gasteiger partial charge in [0.25, 0.3) is 17.7 Å². The van der Waals surface area contributed by atoms with Crippen LogP contribution in [-0.2, 0) is 0 Å². The topological polar surface area (TPSA) is 79.4 Å². The Morgan fingerprint density at radius 3 is 2.65 bits per heavy atom. The molecule has 1 aliphatic heterocycles. The minimum absolute atomic E-state index is 0.117. The van der Waals surface area contributed by atoms with Gasteiger partial charge in [0, 0.05) is 24.8 Å². The number of amides is 3. The van der Waals surface area contributed by atoms with E-state index in [9.17, 15) is 14.4 Å². The molecule has 0 aliphatic carbocycles. The fraction of sp³-hybridized carbons (Fsp3) is 0.176. The van der Waals surface area contributed by atoms with Gasteiger partial charge in [-0.1, -0.05) is 18.2 Å². The van der Waals surface area contributed by atoms with E-state index in [1.54, 1.807) is 24.3 Å². The highest BCUT2D eigenvalue weighted by atomic mass is 16.2. The molecule has 2 aromatic rings. The summed E-state index contributed by atoms with van der Waals surface area (Å²) in [7, 11) is 0. The number of fused-ring (bicyclic) bond motifs is 1. The number of benzene rings is 1. The molecule has 0 unspecified atom stereocenters. The van der Waals surface area contributed by atoms with Gasteiger partial charge >= 0.3 is 0 Å². The number of carbonyl (C=O) groups is 3. The van der Waals surface area contributed by atoms with Gasteiger partial charge in [-0.15, -0.1) is 0 Å². The van der Waals surface area contributed by atoms with Crippen LogP contribution in [0.5, 0.6) is 0 Å². The molecule has 1 aromatic carbocycles. The molecule has 0 radical (unpaired) electrons. The molecule has 0 saturated carbocycles. The molecule has 116 valence electrons. The lowest BCUT2D eigenvalue weighted by molar-refractivity contribution is 0.0648. The zero-order valence-electron chi connectivity index (χ0n) is 12.6. The molecule has 0 spiro atoms. The number of imide groups is 1. The second kappa shape index (κ2) is 6.00.